The van der Waals surface area contributed by atoms with Crippen molar-refractivity contribution in [3.05, 3.63) is 70.7 Å². The molecule has 0 saturated heterocycles. The molecule has 0 aliphatic heterocycles. The molecular formula is C22H22N2O4S2. The zero-order valence-electron chi connectivity index (χ0n) is 16.7. The van der Waals surface area contributed by atoms with E-state index in [-0.39, 0.29) is 18.1 Å². The SMILES string of the molecule is COc1ccc(C(=O)CSc2nc(CC(=O)NCc3cccc(OC)c3)cs2)cc1. The number of aromatic nitrogens is 1. The summed E-state index contributed by atoms with van der Waals surface area (Å²) in [6.07, 6.45) is 0.202. The number of rotatable bonds is 10. The summed E-state index contributed by atoms with van der Waals surface area (Å²) in [6.45, 7) is 0.429. The normalized spacial score (nSPS) is 10.5. The number of carbonyl (C=O) groups is 2. The van der Waals surface area contributed by atoms with Gasteiger partial charge in [-0.25, -0.2) is 4.98 Å². The number of hydrogen-bond donors (Lipinski definition) is 1. The molecule has 8 heteroatoms. The number of thiazole rings is 1. The van der Waals surface area contributed by atoms with Crippen molar-refractivity contribution in [2.45, 2.75) is 17.3 Å². The lowest BCUT2D eigenvalue weighted by Gasteiger charge is -2.06. The fourth-order valence-electron chi connectivity index (χ4n) is 2.63. The molecule has 0 atom stereocenters. The molecule has 0 radical (unpaired) electrons. The number of ether oxygens (including phenoxy) is 2. The Bertz CT molecular complexity index is 1000. The van der Waals surface area contributed by atoms with Crippen molar-refractivity contribution in [3.8, 4) is 11.5 Å². The van der Waals surface area contributed by atoms with Crippen LogP contribution < -0.4 is 14.8 Å². The van der Waals surface area contributed by atoms with Crippen LogP contribution in [0.25, 0.3) is 0 Å². The van der Waals surface area contributed by atoms with E-state index in [1.54, 1.807) is 38.5 Å². The molecule has 0 aliphatic carbocycles. The third-order valence-corrected chi connectivity index (χ3v) is 6.30. The molecule has 6 nitrogen and oxygen atoms in total. The van der Waals surface area contributed by atoms with Crippen LogP contribution in [0.1, 0.15) is 21.6 Å². The van der Waals surface area contributed by atoms with Crippen LogP contribution in [0.15, 0.2) is 58.3 Å². The second-order valence-corrected chi connectivity index (χ2v) is 8.43. The van der Waals surface area contributed by atoms with E-state index in [4.69, 9.17) is 9.47 Å². The summed E-state index contributed by atoms with van der Waals surface area (Å²) < 4.78 is 11.1. The largest absolute Gasteiger partial charge is 0.497 e. The molecule has 1 N–H and O–H groups in total. The summed E-state index contributed by atoms with van der Waals surface area (Å²) in [4.78, 5) is 29.0. The van der Waals surface area contributed by atoms with Gasteiger partial charge in [0.25, 0.3) is 0 Å². The van der Waals surface area contributed by atoms with Crippen molar-refractivity contribution in [1.82, 2.24) is 10.3 Å². The second-order valence-electron chi connectivity index (χ2n) is 6.35. The van der Waals surface area contributed by atoms with Crippen LogP contribution in [-0.2, 0) is 17.8 Å². The van der Waals surface area contributed by atoms with Crippen LogP contribution in [0.5, 0.6) is 11.5 Å². The van der Waals surface area contributed by atoms with Crippen LogP contribution in [0.2, 0.25) is 0 Å². The third kappa shape index (κ3) is 6.33. The minimum absolute atomic E-state index is 0.0236. The van der Waals surface area contributed by atoms with E-state index >= 15 is 0 Å². The Balaban J connectivity index is 1.45. The summed E-state index contributed by atoms with van der Waals surface area (Å²) in [7, 11) is 3.20. The monoisotopic (exact) mass is 442 g/mol. The van der Waals surface area contributed by atoms with Gasteiger partial charge in [-0.3, -0.25) is 9.59 Å². The number of methoxy groups -OCH3 is 2. The third-order valence-electron chi connectivity index (χ3n) is 4.23. The lowest BCUT2D eigenvalue weighted by Crippen LogP contribution is -2.24. The van der Waals surface area contributed by atoms with Gasteiger partial charge in [-0.15, -0.1) is 11.3 Å². The number of Topliss-reactive ketones (excluding diaryl/α,β-unsaturated/α-hetero) is 1. The van der Waals surface area contributed by atoms with Crippen LogP contribution in [0, 0.1) is 0 Å². The van der Waals surface area contributed by atoms with Crippen molar-refractivity contribution >= 4 is 34.8 Å². The molecule has 0 saturated carbocycles. The molecule has 1 aromatic heterocycles. The molecule has 0 aliphatic rings. The standard InChI is InChI=1S/C22H22N2O4S2/c1-27-18-8-6-16(7-9-18)20(25)14-30-22-24-17(13-29-22)11-21(26)23-12-15-4-3-5-19(10-15)28-2/h3-10,13H,11-12,14H2,1-2H3,(H,23,26). The van der Waals surface area contributed by atoms with Gasteiger partial charge in [-0.1, -0.05) is 23.9 Å². The first kappa shape index (κ1) is 21.9. The first-order chi connectivity index (χ1) is 14.6. The predicted octanol–water partition coefficient (Wildman–Crippen LogP) is 3.99. The van der Waals surface area contributed by atoms with E-state index in [9.17, 15) is 9.59 Å². The van der Waals surface area contributed by atoms with E-state index in [0.29, 0.717) is 29.3 Å². The molecule has 3 aromatic rings. The van der Waals surface area contributed by atoms with Gasteiger partial charge in [0.2, 0.25) is 5.91 Å². The van der Waals surface area contributed by atoms with Gasteiger partial charge in [0.05, 0.1) is 32.1 Å². The van der Waals surface area contributed by atoms with Crippen molar-refractivity contribution in [2.24, 2.45) is 0 Å². The van der Waals surface area contributed by atoms with E-state index in [1.165, 1.54) is 23.1 Å². The Kier molecular flexibility index (Phi) is 7.87. The van der Waals surface area contributed by atoms with Gasteiger partial charge in [0, 0.05) is 17.5 Å². The summed E-state index contributed by atoms with van der Waals surface area (Å²) >= 11 is 2.81. The molecule has 0 spiro atoms. The summed E-state index contributed by atoms with van der Waals surface area (Å²) in [5.41, 5.74) is 2.30. The maximum absolute atomic E-state index is 12.3. The van der Waals surface area contributed by atoms with E-state index in [0.717, 1.165) is 15.7 Å². The molecule has 0 fully saturated rings. The average Bonchev–Trinajstić information content (AvgIpc) is 3.23. The van der Waals surface area contributed by atoms with Gasteiger partial charge in [-0.2, -0.15) is 0 Å². The molecule has 30 heavy (non-hydrogen) atoms. The predicted molar refractivity (Wildman–Crippen MR) is 119 cm³/mol. The van der Waals surface area contributed by atoms with Gasteiger partial charge in [0.1, 0.15) is 11.5 Å². The molecule has 1 amide bonds. The molecule has 0 bridgehead atoms. The quantitative estimate of drug-likeness (QED) is 0.378. The Morgan fingerprint density at radius 1 is 1.07 bits per heavy atom. The fraction of sp³-hybridized carbons (Fsp3) is 0.227. The topological polar surface area (TPSA) is 77.5 Å². The highest BCUT2D eigenvalue weighted by Crippen LogP contribution is 2.24. The lowest BCUT2D eigenvalue weighted by molar-refractivity contribution is -0.120. The van der Waals surface area contributed by atoms with E-state index < -0.39 is 0 Å². The Morgan fingerprint density at radius 3 is 2.57 bits per heavy atom. The number of ketones is 1. The van der Waals surface area contributed by atoms with Crippen molar-refractivity contribution in [1.29, 1.82) is 0 Å². The molecule has 156 valence electrons. The van der Waals surface area contributed by atoms with Crippen LogP contribution >= 0.6 is 23.1 Å². The van der Waals surface area contributed by atoms with Crippen molar-refractivity contribution in [2.75, 3.05) is 20.0 Å². The minimum atomic E-state index is -0.103. The number of hydrogen-bond acceptors (Lipinski definition) is 7. The van der Waals surface area contributed by atoms with Crippen LogP contribution in [-0.4, -0.2) is 36.6 Å². The lowest BCUT2D eigenvalue weighted by atomic mass is 10.1. The maximum Gasteiger partial charge on any atom is 0.226 e. The van der Waals surface area contributed by atoms with Gasteiger partial charge >= 0.3 is 0 Å². The van der Waals surface area contributed by atoms with Gasteiger partial charge in [0.15, 0.2) is 10.1 Å². The highest BCUT2D eigenvalue weighted by molar-refractivity contribution is 8.01. The minimum Gasteiger partial charge on any atom is -0.497 e. The molecule has 2 aromatic carbocycles. The Labute approximate surface area is 183 Å². The second kappa shape index (κ2) is 10.8. The van der Waals surface area contributed by atoms with E-state index in [1.807, 2.05) is 29.6 Å². The highest BCUT2D eigenvalue weighted by Gasteiger charge is 2.11. The van der Waals surface area contributed by atoms with Crippen molar-refractivity contribution in [3.63, 3.8) is 0 Å². The number of nitrogens with zero attached hydrogens (tertiary/aromatic N) is 1. The smallest absolute Gasteiger partial charge is 0.226 e. The Hall–Kier alpha value is -2.84. The number of thioether (sulfide) groups is 1. The zero-order valence-corrected chi connectivity index (χ0v) is 18.3. The summed E-state index contributed by atoms with van der Waals surface area (Å²) in [6, 6.07) is 14.6. The average molecular weight is 443 g/mol. The zero-order chi connectivity index (χ0) is 21.3. The first-order valence-electron chi connectivity index (χ1n) is 9.21. The molecular weight excluding hydrogens is 420 g/mol. The molecule has 0 unspecified atom stereocenters. The van der Waals surface area contributed by atoms with Gasteiger partial charge < -0.3 is 14.8 Å². The van der Waals surface area contributed by atoms with E-state index in [2.05, 4.69) is 10.3 Å². The highest BCUT2D eigenvalue weighted by atomic mass is 32.2. The number of benzene rings is 2. The first-order valence-corrected chi connectivity index (χ1v) is 11.1. The summed E-state index contributed by atoms with van der Waals surface area (Å²) in [5.74, 6) is 1.69. The fourth-order valence-corrected chi connectivity index (χ4v) is 4.37. The maximum atomic E-state index is 12.3. The number of nitrogens with one attached hydrogen (secondary N) is 1. The molecule has 3 rings (SSSR count). The van der Waals surface area contributed by atoms with Gasteiger partial charge in [-0.05, 0) is 42.0 Å². The Morgan fingerprint density at radius 2 is 1.83 bits per heavy atom. The van der Waals surface area contributed by atoms with Crippen LogP contribution in [0.3, 0.4) is 0 Å². The molecule has 1 heterocycles. The summed E-state index contributed by atoms with van der Waals surface area (Å²) in [5, 5.41) is 4.74. The van der Waals surface area contributed by atoms with Crippen molar-refractivity contribution < 1.29 is 19.1 Å². The van der Waals surface area contributed by atoms with Crippen LogP contribution in [0.4, 0.5) is 0 Å². The number of carbonyl (C=O) groups excluding carboxylic acids is 2. The number of amides is 1.